The summed E-state index contributed by atoms with van der Waals surface area (Å²) in [6.45, 7) is 4.76. The number of pyridine rings is 1. The van der Waals surface area contributed by atoms with Crippen molar-refractivity contribution in [3.8, 4) is 0 Å². The van der Waals surface area contributed by atoms with Gasteiger partial charge in [0, 0.05) is 43.8 Å². The lowest BCUT2D eigenvalue weighted by molar-refractivity contribution is 0.126. The van der Waals surface area contributed by atoms with Crippen molar-refractivity contribution in [3.05, 3.63) is 64.5 Å². The standard InChI is InChI=1S/C20H25N5O/c1-16-6-12-25-19(13-16)22-17(14-20(25)26)15-23-9-3-2-5-18(23)7-11-24-10-4-8-21-24/h4,6,8,10,12-14,18H,2-3,5,7,9,11,15H2,1H3. The van der Waals surface area contributed by atoms with Gasteiger partial charge in [-0.2, -0.15) is 5.10 Å². The Morgan fingerprint density at radius 1 is 1.23 bits per heavy atom. The molecule has 0 amide bonds. The zero-order valence-corrected chi connectivity index (χ0v) is 15.2. The molecular formula is C20H25N5O. The van der Waals surface area contributed by atoms with E-state index >= 15 is 0 Å². The van der Waals surface area contributed by atoms with Crippen LogP contribution in [0.1, 0.15) is 36.9 Å². The summed E-state index contributed by atoms with van der Waals surface area (Å²) in [7, 11) is 0. The Morgan fingerprint density at radius 2 is 2.15 bits per heavy atom. The van der Waals surface area contributed by atoms with Crippen LogP contribution in [-0.4, -0.2) is 36.7 Å². The van der Waals surface area contributed by atoms with E-state index in [1.54, 1.807) is 16.7 Å². The number of hydrogen-bond donors (Lipinski definition) is 0. The molecule has 0 radical (unpaired) electrons. The Balaban J connectivity index is 1.52. The maximum absolute atomic E-state index is 12.4. The molecule has 0 aliphatic carbocycles. The van der Waals surface area contributed by atoms with Gasteiger partial charge in [0.15, 0.2) is 0 Å². The Kier molecular flexibility index (Phi) is 4.84. The first-order valence-electron chi connectivity index (χ1n) is 9.39. The summed E-state index contributed by atoms with van der Waals surface area (Å²) in [6.07, 6.45) is 10.4. The van der Waals surface area contributed by atoms with Gasteiger partial charge in [-0.15, -0.1) is 0 Å². The molecule has 136 valence electrons. The van der Waals surface area contributed by atoms with E-state index in [2.05, 4.69) is 10.00 Å². The molecule has 1 aliphatic heterocycles. The van der Waals surface area contributed by atoms with Gasteiger partial charge < -0.3 is 0 Å². The van der Waals surface area contributed by atoms with E-state index in [1.165, 1.54) is 19.3 Å². The Hall–Kier alpha value is -2.47. The van der Waals surface area contributed by atoms with Crippen LogP contribution in [0.2, 0.25) is 0 Å². The van der Waals surface area contributed by atoms with Crippen LogP contribution >= 0.6 is 0 Å². The Morgan fingerprint density at radius 3 is 3.00 bits per heavy atom. The van der Waals surface area contributed by atoms with Crippen LogP contribution in [0.25, 0.3) is 5.65 Å². The lowest BCUT2D eigenvalue weighted by atomic mass is 9.99. The van der Waals surface area contributed by atoms with E-state index in [0.29, 0.717) is 6.04 Å². The molecule has 3 aromatic rings. The molecule has 1 unspecified atom stereocenters. The first kappa shape index (κ1) is 17.0. The maximum atomic E-state index is 12.4. The zero-order chi connectivity index (χ0) is 17.9. The quantitative estimate of drug-likeness (QED) is 0.709. The summed E-state index contributed by atoms with van der Waals surface area (Å²) in [5, 5.41) is 4.31. The third-order valence-corrected chi connectivity index (χ3v) is 5.24. The molecular weight excluding hydrogens is 326 g/mol. The van der Waals surface area contributed by atoms with Gasteiger partial charge in [0.2, 0.25) is 0 Å². The number of rotatable bonds is 5. The minimum atomic E-state index is -0.00454. The second-order valence-corrected chi connectivity index (χ2v) is 7.20. The molecule has 0 aromatic carbocycles. The van der Waals surface area contributed by atoms with E-state index in [9.17, 15) is 4.79 Å². The van der Waals surface area contributed by atoms with Gasteiger partial charge in [-0.25, -0.2) is 4.98 Å². The van der Waals surface area contributed by atoms with Crippen LogP contribution < -0.4 is 5.56 Å². The Bertz CT molecular complexity index is 931. The van der Waals surface area contributed by atoms with Gasteiger partial charge in [-0.3, -0.25) is 18.8 Å². The highest BCUT2D eigenvalue weighted by atomic mass is 16.1. The smallest absolute Gasteiger partial charge is 0.258 e. The first-order chi connectivity index (χ1) is 12.7. The molecule has 0 spiro atoms. The molecule has 6 nitrogen and oxygen atoms in total. The van der Waals surface area contributed by atoms with E-state index in [4.69, 9.17) is 4.98 Å². The number of nitrogens with zero attached hydrogens (tertiary/aromatic N) is 5. The van der Waals surface area contributed by atoms with Crippen LogP contribution in [-0.2, 0) is 13.1 Å². The molecule has 26 heavy (non-hydrogen) atoms. The molecule has 1 atom stereocenters. The molecule has 6 heteroatoms. The topological polar surface area (TPSA) is 55.4 Å². The average molecular weight is 351 g/mol. The van der Waals surface area contributed by atoms with Crippen molar-refractivity contribution in [3.63, 3.8) is 0 Å². The summed E-state index contributed by atoms with van der Waals surface area (Å²) in [4.78, 5) is 19.6. The maximum Gasteiger partial charge on any atom is 0.258 e. The van der Waals surface area contributed by atoms with E-state index in [-0.39, 0.29) is 5.56 Å². The van der Waals surface area contributed by atoms with Crippen molar-refractivity contribution in [1.29, 1.82) is 0 Å². The highest BCUT2D eigenvalue weighted by molar-refractivity contribution is 5.41. The lowest BCUT2D eigenvalue weighted by Crippen LogP contribution is -2.40. The summed E-state index contributed by atoms with van der Waals surface area (Å²) >= 11 is 0. The summed E-state index contributed by atoms with van der Waals surface area (Å²) in [5.41, 5.74) is 2.71. The van der Waals surface area contributed by atoms with Gasteiger partial charge in [-0.05, 0) is 56.5 Å². The van der Waals surface area contributed by atoms with Gasteiger partial charge in [0.25, 0.3) is 5.56 Å². The monoisotopic (exact) mass is 351 g/mol. The molecule has 1 fully saturated rings. The largest absolute Gasteiger partial charge is 0.294 e. The van der Waals surface area contributed by atoms with Crippen LogP contribution in [0.5, 0.6) is 0 Å². The van der Waals surface area contributed by atoms with E-state index < -0.39 is 0 Å². The third kappa shape index (κ3) is 3.70. The van der Waals surface area contributed by atoms with Crippen molar-refractivity contribution in [2.75, 3.05) is 6.54 Å². The minimum absolute atomic E-state index is 0.00454. The van der Waals surface area contributed by atoms with Crippen molar-refractivity contribution in [2.45, 2.75) is 51.7 Å². The molecule has 1 aliphatic rings. The second-order valence-electron chi connectivity index (χ2n) is 7.20. The van der Waals surface area contributed by atoms with Crippen LogP contribution in [0.4, 0.5) is 0 Å². The summed E-state index contributed by atoms with van der Waals surface area (Å²) in [6, 6.07) is 8.07. The zero-order valence-electron chi connectivity index (χ0n) is 15.2. The van der Waals surface area contributed by atoms with Crippen molar-refractivity contribution in [1.82, 2.24) is 24.1 Å². The van der Waals surface area contributed by atoms with Gasteiger partial charge in [0.05, 0.1) is 5.69 Å². The van der Waals surface area contributed by atoms with Crippen LogP contribution in [0, 0.1) is 6.92 Å². The molecule has 0 saturated carbocycles. The number of aromatic nitrogens is 4. The number of likely N-dealkylation sites (tertiary alicyclic amines) is 1. The van der Waals surface area contributed by atoms with Crippen LogP contribution in [0.3, 0.4) is 0 Å². The van der Waals surface area contributed by atoms with E-state index in [1.807, 2.05) is 42.2 Å². The highest BCUT2D eigenvalue weighted by Crippen LogP contribution is 2.22. The molecule has 4 rings (SSSR count). The molecule has 0 bridgehead atoms. The van der Waals surface area contributed by atoms with Gasteiger partial charge in [-0.1, -0.05) is 6.42 Å². The number of hydrogen-bond acceptors (Lipinski definition) is 4. The Labute approximate surface area is 153 Å². The van der Waals surface area contributed by atoms with Gasteiger partial charge >= 0.3 is 0 Å². The SMILES string of the molecule is Cc1ccn2c(=O)cc(CN3CCCCC3CCn3cccn3)nc2c1. The average Bonchev–Trinajstić information content (AvgIpc) is 3.14. The predicted octanol–water partition coefficient (Wildman–Crippen LogP) is 2.64. The fourth-order valence-corrected chi connectivity index (χ4v) is 3.85. The number of piperidine rings is 1. The molecule has 4 heterocycles. The van der Waals surface area contributed by atoms with Gasteiger partial charge in [0.1, 0.15) is 5.65 Å². The lowest BCUT2D eigenvalue weighted by Gasteiger charge is -2.35. The molecule has 0 N–H and O–H groups in total. The fourth-order valence-electron chi connectivity index (χ4n) is 3.85. The number of aryl methyl sites for hydroxylation is 2. The molecule has 1 saturated heterocycles. The summed E-state index contributed by atoms with van der Waals surface area (Å²) in [5.74, 6) is 0. The highest BCUT2D eigenvalue weighted by Gasteiger charge is 2.23. The van der Waals surface area contributed by atoms with Crippen molar-refractivity contribution >= 4 is 5.65 Å². The van der Waals surface area contributed by atoms with Crippen molar-refractivity contribution < 1.29 is 0 Å². The third-order valence-electron chi connectivity index (χ3n) is 5.24. The normalized spacial score (nSPS) is 18.4. The fraction of sp³-hybridized carbons (Fsp3) is 0.450. The minimum Gasteiger partial charge on any atom is -0.294 e. The molecule has 3 aromatic heterocycles. The second kappa shape index (κ2) is 7.41. The summed E-state index contributed by atoms with van der Waals surface area (Å²) < 4.78 is 3.61. The van der Waals surface area contributed by atoms with Crippen molar-refractivity contribution in [2.24, 2.45) is 0 Å². The van der Waals surface area contributed by atoms with Crippen LogP contribution in [0.15, 0.2) is 47.7 Å². The number of fused-ring (bicyclic) bond motifs is 1. The van der Waals surface area contributed by atoms with E-state index in [0.717, 1.165) is 43.0 Å². The first-order valence-corrected chi connectivity index (χ1v) is 9.39. The predicted molar refractivity (Wildman–Crippen MR) is 101 cm³/mol.